The van der Waals surface area contributed by atoms with E-state index < -0.39 is 0 Å². The number of likely N-dealkylation sites (tertiary alicyclic amines) is 1. The number of rotatable bonds is 4. The predicted molar refractivity (Wildman–Crippen MR) is 100 cm³/mol. The number of imidazole rings is 1. The summed E-state index contributed by atoms with van der Waals surface area (Å²) in [6.07, 6.45) is 5.85. The van der Waals surface area contributed by atoms with Crippen LogP contribution in [0.15, 0.2) is 17.6 Å². The standard InChI is InChI=1S/C17H22N4OS2/c1-17(2,20-6-4-3-5-7-20)11-18-14(22)13-10-12-15(24-13)19-16-21(12)8-9-23-16/h8-10H,3-7,11H2,1-2H3,(H,18,22). The lowest BCUT2D eigenvalue weighted by Gasteiger charge is -2.41. The Balaban J connectivity index is 1.46. The third kappa shape index (κ3) is 2.85. The topological polar surface area (TPSA) is 49.6 Å². The Morgan fingerprint density at radius 2 is 2.12 bits per heavy atom. The van der Waals surface area contributed by atoms with Gasteiger partial charge in [0.05, 0.1) is 10.4 Å². The Hall–Kier alpha value is -1.44. The molecule has 0 aliphatic carbocycles. The molecular weight excluding hydrogens is 340 g/mol. The van der Waals surface area contributed by atoms with E-state index in [0.717, 1.165) is 33.3 Å². The SMILES string of the molecule is CC(C)(CNC(=O)c1cc2c(nc3sccn32)s1)N1CCCCC1. The van der Waals surface area contributed by atoms with Crippen LogP contribution in [0.2, 0.25) is 0 Å². The first-order valence-electron chi connectivity index (χ1n) is 8.43. The number of thiophene rings is 1. The van der Waals surface area contributed by atoms with Crippen LogP contribution >= 0.6 is 22.7 Å². The molecule has 0 aromatic carbocycles. The molecule has 4 rings (SSSR count). The molecule has 0 saturated carbocycles. The van der Waals surface area contributed by atoms with Crippen LogP contribution in [0.3, 0.4) is 0 Å². The molecule has 1 N–H and O–H groups in total. The summed E-state index contributed by atoms with van der Waals surface area (Å²) in [6, 6.07) is 1.95. The van der Waals surface area contributed by atoms with Crippen LogP contribution in [0.1, 0.15) is 42.8 Å². The number of carbonyl (C=O) groups excluding carboxylic acids is 1. The maximum Gasteiger partial charge on any atom is 0.261 e. The fourth-order valence-corrected chi connectivity index (χ4v) is 5.07. The number of nitrogens with one attached hydrogen (secondary N) is 1. The van der Waals surface area contributed by atoms with Crippen molar-refractivity contribution in [3.05, 3.63) is 22.5 Å². The van der Waals surface area contributed by atoms with E-state index in [1.165, 1.54) is 30.6 Å². The van der Waals surface area contributed by atoms with Crippen LogP contribution in [-0.2, 0) is 0 Å². The molecule has 5 nitrogen and oxygen atoms in total. The molecule has 1 aliphatic heterocycles. The van der Waals surface area contributed by atoms with E-state index in [0.29, 0.717) is 6.54 Å². The second-order valence-corrected chi connectivity index (χ2v) is 8.91. The molecule has 1 fully saturated rings. The molecular formula is C17H22N4OS2. The number of nitrogens with zero attached hydrogens (tertiary/aromatic N) is 3. The Bertz CT molecular complexity index is 870. The van der Waals surface area contributed by atoms with E-state index in [1.807, 2.05) is 22.0 Å². The minimum Gasteiger partial charge on any atom is -0.349 e. The molecule has 1 aliphatic rings. The second-order valence-electron chi connectivity index (χ2n) is 7.01. The Morgan fingerprint density at radius 1 is 1.33 bits per heavy atom. The Morgan fingerprint density at radius 3 is 2.92 bits per heavy atom. The van der Waals surface area contributed by atoms with Gasteiger partial charge in [0.15, 0.2) is 4.96 Å². The summed E-state index contributed by atoms with van der Waals surface area (Å²) >= 11 is 3.08. The Labute approximate surface area is 149 Å². The number of fused-ring (bicyclic) bond motifs is 3. The van der Waals surface area contributed by atoms with E-state index in [4.69, 9.17) is 0 Å². The van der Waals surface area contributed by atoms with Gasteiger partial charge in [-0.25, -0.2) is 4.98 Å². The number of hydrogen-bond donors (Lipinski definition) is 1. The lowest BCUT2D eigenvalue weighted by Crippen LogP contribution is -2.53. The molecule has 0 radical (unpaired) electrons. The van der Waals surface area contributed by atoms with Crippen molar-refractivity contribution in [3.8, 4) is 0 Å². The van der Waals surface area contributed by atoms with E-state index in [9.17, 15) is 4.79 Å². The minimum atomic E-state index is -0.00425. The quantitative estimate of drug-likeness (QED) is 0.771. The number of thiazole rings is 1. The number of amides is 1. The van der Waals surface area contributed by atoms with Gasteiger partial charge in [0.25, 0.3) is 5.91 Å². The second kappa shape index (κ2) is 6.13. The monoisotopic (exact) mass is 362 g/mol. The van der Waals surface area contributed by atoms with Crippen molar-refractivity contribution in [2.45, 2.75) is 38.6 Å². The number of aromatic nitrogens is 2. The molecule has 0 atom stereocenters. The highest BCUT2D eigenvalue weighted by Gasteiger charge is 2.28. The summed E-state index contributed by atoms with van der Waals surface area (Å²) in [5, 5.41) is 5.14. The number of hydrogen-bond acceptors (Lipinski definition) is 5. The molecule has 24 heavy (non-hydrogen) atoms. The maximum absolute atomic E-state index is 12.6. The fraction of sp³-hybridized carbons (Fsp3) is 0.529. The van der Waals surface area contributed by atoms with Crippen molar-refractivity contribution in [3.63, 3.8) is 0 Å². The smallest absolute Gasteiger partial charge is 0.261 e. The van der Waals surface area contributed by atoms with Crippen LogP contribution in [0.4, 0.5) is 0 Å². The molecule has 4 heterocycles. The van der Waals surface area contributed by atoms with Gasteiger partial charge in [-0.15, -0.1) is 22.7 Å². The molecule has 0 spiro atoms. The maximum atomic E-state index is 12.6. The van der Waals surface area contributed by atoms with E-state index in [2.05, 4.69) is 29.0 Å². The van der Waals surface area contributed by atoms with Gasteiger partial charge in [0, 0.05) is 23.7 Å². The molecule has 128 valence electrons. The summed E-state index contributed by atoms with van der Waals surface area (Å²) in [7, 11) is 0. The summed E-state index contributed by atoms with van der Waals surface area (Å²) in [5.74, 6) is 0.00654. The van der Waals surface area contributed by atoms with Crippen LogP contribution in [0.5, 0.6) is 0 Å². The lowest BCUT2D eigenvalue weighted by molar-refractivity contribution is 0.0800. The van der Waals surface area contributed by atoms with Gasteiger partial charge < -0.3 is 5.32 Å². The lowest BCUT2D eigenvalue weighted by atomic mass is 9.98. The van der Waals surface area contributed by atoms with Gasteiger partial charge in [-0.1, -0.05) is 6.42 Å². The molecule has 3 aromatic rings. The highest BCUT2D eigenvalue weighted by molar-refractivity contribution is 7.21. The summed E-state index contributed by atoms with van der Waals surface area (Å²) in [6.45, 7) is 7.37. The van der Waals surface area contributed by atoms with Gasteiger partial charge in [-0.3, -0.25) is 14.1 Å². The van der Waals surface area contributed by atoms with E-state index >= 15 is 0 Å². The first-order valence-corrected chi connectivity index (χ1v) is 10.1. The predicted octanol–water partition coefficient (Wildman–Crippen LogP) is 3.60. The Kier molecular flexibility index (Phi) is 4.10. The highest BCUT2D eigenvalue weighted by Crippen LogP contribution is 2.28. The molecule has 7 heteroatoms. The molecule has 1 saturated heterocycles. The largest absolute Gasteiger partial charge is 0.349 e. The van der Waals surface area contributed by atoms with Gasteiger partial charge in [0.2, 0.25) is 0 Å². The third-order valence-electron chi connectivity index (χ3n) is 4.86. The third-order valence-corrected chi connectivity index (χ3v) is 6.63. The number of piperidine rings is 1. The summed E-state index contributed by atoms with van der Waals surface area (Å²) in [5.41, 5.74) is 1.02. The van der Waals surface area contributed by atoms with Crippen molar-refractivity contribution >= 4 is 43.9 Å². The molecule has 3 aromatic heterocycles. The molecule has 0 bridgehead atoms. The normalized spacial score (nSPS) is 16.9. The van der Waals surface area contributed by atoms with Crippen LogP contribution < -0.4 is 5.32 Å². The zero-order valence-electron chi connectivity index (χ0n) is 14.0. The average molecular weight is 363 g/mol. The van der Waals surface area contributed by atoms with Crippen molar-refractivity contribution in [1.29, 1.82) is 0 Å². The van der Waals surface area contributed by atoms with Crippen LogP contribution in [0.25, 0.3) is 15.3 Å². The fourth-order valence-electron chi connectivity index (χ4n) is 3.35. The zero-order chi connectivity index (χ0) is 16.7. The van der Waals surface area contributed by atoms with E-state index in [1.54, 1.807) is 11.3 Å². The van der Waals surface area contributed by atoms with Gasteiger partial charge in [0.1, 0.15) is 4.83 Å². The van der Waals surface area contributed by atoms with Crippen LogP contribution in [0, 0.1) is 0 Å². The average Bonchev–Trinajstić information content (AvgIpc) is 3.25. The first kappa shape index (κ1) is 16.1. The van der Waals surface area contributed by atoms with Crippen molar-refractivity contribution in [2.75, 3.05) is 19.6 Å². The van der Waals surface area contributed by atoms with Gasteiger partial charge in [-0.05, 0) is 45.8 Å². The summed E-state index contributed by atoms with van der Waals surface area (Å²) < 4.78 is 2.05. The highest BCUT2D eigenvalue weighted by atomic mass is 32.1. The first-order chi connectivity index (χ1) is 11.5. The van der Waals surface area contributed by atoms with E-state index in [-0.39, 0.29) is 11.4 Å². The number of carbonyl (C=O) groups is 1. The summed E-state index contributed by atoms with van der Waals surface area (Å²) in [4.78, 5) is 22.3. The van der Waals surface area contributed by atoms with Crippen molar-refractivity contribution in [1.82, 2.24) is 19.6 Å². The van der Waals surface area contributed by atoms with Crippen LogP contribution in [-0.4, -0.2) is 45.4 Å². The molecule has 1 amide bonds. The van der Waals surface area contributed by atoms with Gasteiger partial charge in [-0.2, -0.15) is 0 Å². The van der Waals surface area contributed by atoms with Gasteiger partial charge >= 0.3 is 0 Å². The molecule has 0 unspecified atom stereocenters. The van der Waals surface area contributed by atoms with Crippen molar-refractivity contribution < 1.29 is 4.79 Å². The zero-order valence-corrected chi connectivity index (χ0v) is 15.7. The minimum absolute atomic E-state index is 0.00425. The van der Waals surface area contributed by atoms with Crippen molar-refractivity contribution in [2.24, 2.45) is 0 Å².